The van der Waals surface area contributed by atoms with Crippen LogP contribution in [-0.2, 0) is 4.74 Å². The minimum absolute atomic E-state index is 0.0186. The number of aromatic hydroxyl groups is 3. The van der Waals surface area contributed by atoms with Crippen LogP contribution in [0, 0.1) is 0 Å². The van der Waals surface area contributed by atoms with E-state index < -0.39 is 53.4 Å². The third kappa shape index (κ3) is 4.10. The summed E-state index contributed by atoms with van der Waals surface area (Å²) in [5.41, 5.74) is -0.696. The van der Waals surface area contributed by atoms with E-state index in [0.29, 0.717) is 0 Å². The van der Waals surface area contributed by atoms with Crippen molar-refractivity contribution in [3.8, 4) is 40.1 Å². The van der Waals surface area contributed by atoms with Gasteiger partial charge in [0, 0.05) is 17.7 Å². The molecule has 4 rings (SSSR count). The molecule has 0 spiro atoms. The molecule has 0 radical (unpaired) electrons. The second-order valence-electron chi connectivity index (χ2n) is 7.84. The molecule has 1 aliphatic rings. The Hall–Kier alpha value is -3.51. The molecule has 0 unspecified atom stereocenters. The Morgan fingerprint density at radius 2 is 1.71 bits per heavy atom. The smallest absolute Gasteiger partial charge is 0.239 e. The van der Waals surface area contributed by atoms with Crippen LogP contribution in [0.1, 0.15) is 13.8 Å². The van der Waals surface area contributed by atoms with Crippen LogP contribution in [0.5, 0.6) is 28.7 Å². The normalized spacial score (nSPS) is 24.8. The van der Waals surface area contributed by atoms with E-state index >= 15 is 0 Å². The Morgan fingerprint density at radius 1 is 0.971 bits per heavy atom. The summed E-state index contributed by atoms with van der Waals surface area (Å²) in [6, 6.07) is 6.06. The van der Waals surface area contributed by atoms with Crippen LogP contribution < -0.4 is 14.9 Å². The predicted octanol–water partition coefficient (Wildman–Crippen LogP) is 1.18. The van der Waals surface area contributed by atoms with E-state index in [2.05, 4.69) is 0 Å². The zero-order chi connectivity index (χ0) is 24.7. The average Bonchev–Trinajstić information content (AvgIpc) is 2.79. The van der Waals surface area contributed by atoms with E-state index in [9.17, 15) is 35.4 Å². The van der Waals surface area contributed by atoms with Crippen molar-refractivity contribution in [1.82, 2.24) is 0 Å². The maximum absolute atomic E-state index is 13.6. The summed E-state index contributed by atoms with van der Waals surface area (Å²) in [4.78, 5) is 13.6. The molecule has 5 atom stereocenters. The molecule has 0 bridgehead atoms. The minimum Gasteiger partial charge on any atom is -0.508 e. The van der Waals surface area contributed by atoms with Gasteiger partial charge in [-0.1, -0.05) is 0 Å². The van der Waals surface area contributed by atoms with Gasteiger partial charge in [-0.25, -0.2) is 0 Å². The van der Waals surface area contributed by atoms with Gasteiger partial charge >= 0.3 is 0 Å². The predicted molar refractivity (Wildman–Crippen MR) is 117 cm³/mol. The first-order valence-corrected chi connectivity index (χ1v) is 10.5. The molecule has 2 heterocycles. The van der Waals surface area contributed by atoms with E-state index in [-0.39, 0.29) is 40.4 Å². The molecular formula is C23H24O11. The monoisotopic (exact) mass is 476 g/mol. The number of benzene rings is 2. The minimum atomic E-state index is -1.71. The SMILES string of the molecule is CCOc1cc(O)cc2oc(-c3ccc(O)c(O)c3)c(O[C@@H]3O[C@@H](C)[C@H](O)[C@@H](O)[C@H]3O)c(=O)c12. The van der Waals surface area contributed by atoms with E-state index in [4.69, 9.17) is 18.6 Å². The lowest BCUT2D eigenvalue weighted by Gasteiger charge is -2.38. The van der Waals surface area contributed by atoms with Gasteiger partial charge in [-0.3, -0.25) is 4.79 Å². The van der Waals surface area contributed by atoms with Gasteiger partial charge in [-0.2, -0.15) is 0 Å². The summed E-state index contributed by atoms with van der Waals surface area (Å²) in [6.07, 6.45) is -7.21. The highest BCUT2D eigenvalue weighted by molar-refractivity contribution is 5.88. The molecule has 34 heavy (non-hydrogen) atoms. The fraction of sp³-hybridized carbons (Fsp3) is 0.348. The molecule has 1 fully saturated rings. The van der Waals surface area contributed by atoms with E-state index in [1.165, 1.54) is 31.2 Å². The topological polar surface area (TPSA) is 179 Å². The number of phenols is 3. The van der Waals surface area contributed by atoms with Crippen molar-refractivity contribution >= 4 is 11.0 Å². The number of hydrogen-bond donors (Lipinski definition) is 6. The molecule has 11 heteroatoms. The molecule has 1 aliphatic heterocycles. The van der Waals surface area contributed by atoms with Crippen LogP contribution in [0.3, 0.4) is 0 Å². The van der Waals surface area contributed by atoms with E-state index in [1.54, 1.807) is 6.92 Å². The lowest BCUT2D eigenvalue weighted by molar-refractivity contribution is -0.268. The summed E-state index contributed by atoms with van der Waals surface area (Å²) in [5, 5.41) is 60.1. The van der Waals surface area contributed by atoms with Gasteiger partial charge in [0.2, 0.25) is 17.5 Å². The van der Waals surface area contributed by atoms with Crippen LogP contribution in [0.2, 0.25) is 0 Å². The fourth-order valence-electron chi connectivity index (χ4n) is 3.71. The van der Waals surface area contributed by atoms with Crippen LogP contribution in [0.15, 0.2) is 39.5 Å². The lowest BCUT2D eigenvalue weighted by Crippen LogP contribution is -2.58. The molecule has 1 aromatic heterocycles. The van der Waals surface area contributed by atoms with Crippen LogP contribution >= 0.6 is 0 Å². The first kappa shape index (κ1) is 23.6. The summed E-state index contributed by atoms with van der Waals surface area (Å²) < 4.78 is 22.5. The Bertz CT molecular complexity index is 1270. The molecule has 182 valence electrons. The third-order valence-electron chi connectivity index (χ3n) is 5.48. The second kappa shape index (κ2) is 9.03. The van der Waals surface area contributed by atoms with Gasteiger partial charge in [0.25, 0.3) is 0 Å². The molecular weight excluding hydrogens is 452 g/mol. The lowest BCUT2D eigenvalue weighted by atomic mass is 10.00. The average molecular weight is 476 g/mol. The first-order chi connectivity index (χ1) is 16.1. The highest BCUT2D eigenvalue weighted by Crippen LogP contribution is 2.39. The Labute approximate surface area is 192 Å². The van der Waals surface area contributed by atoms with Crippen molar-refractivity contribution in [3.05, 3.63) is 40.6 Å². The molecule has 0 amide bonds. The van der Waals surface area contributed by atoms with Gasteiger partial charge < -0.3 is 49.3 Å². The van der Waals surface area contributed by atoms with Crippen molar-refractivity contribution in [2.24, 2.45) is 0 Å². The number of fused-ring (bicyclic) bond motifs is 1. The highest BCUT2D eigenvalue weighted by Gasteiger charge is 2.44. The number of rotatable bonds is 5. The maximum atomic E-state index is 13.6. The first-order valence-electron chi connectivity index (χ1n) is 10.5. The maximum Gasteiger partial charge on any atom is 0.239 e. The quantitative estimate of drug-likeness (QED) is 0.291. The van der Waals surface area contributed by atoms with Crippen molar-refractivity contribution in [1.29, 1.82) is 0 Å². The third-order valence-corrected chi connectivity index (χ3v) is 5.48. The standard InChI is InChI=1S/C23H24O11/c1-3-31-14-7-11(24)8-15-16(14)18(28)22(21(33-15)10-4-5-12(25)13(26)6-10)34-23-20(30)19(29)17(27)9(2)32-23/h4-9,17,19-20,23-27,29-30H,3H2,1-2H3/t9-,17-,19+,20+,23-/m0/s1. The van der Waals surface area contributed by atoms with Gasteiger partial charge in [-0.15, -0.1) is 0 Å². The van der Waals surface area contributed by atoms with Gasteiger partial charge in [0.1, 0.15) is 40.8 Å². The number of phenolic OH excluding ortho intramolecular Hbond substituents is 3. The van der Waals surface area contributed by atoms with Gasteiger partial charge in [0.05, 0.1) is 12.7 Å². The van der Waals surface area contributed by atoms with Crippen LogP contribution in [0.4, 0.5) is 0 Å². The number of aliphatic hydroxyl groups excluding tert-OH is 3. The summed E-state index contributed by atoms with van der Waals surface area (Å²) in [6.45, 7) is 3.31. The summed E-state index contributed by atoms with van der Waals surface area (Å²) in [7, 11) is 0. The zero-order valence-corrected chi connectivity index (χ0v) is 18.2. The zero-order valence-electron chi connectivity index (χ0n) is 18.2. The Morgan fingerprint density at radius 3 is 2.38 bits per heavy atom. The Kier molecular flexibility index (Phi) is 6.28. The fourth-order valence-corrected chi connectivity index (χ4v) is 3.71. The second-order valence-corrected chi connectivity index (χ2v) is 7.84. The van der Waals surface area contributed by atoms with Gasteiger partial charge in [-0.05, 0) is 32.0 Å². The molecule has 2 aromatic carbocycles. The molecule has 1 saturated heterocycles. The van der Waals surface area contributed by atoms with Crippen molar-refractivity contribution in [2.75, 3.05) is 6.61 Å². The molecule has 0 saturated carbocycles. The van der Waals surface area contributed by atoms with Gasteiger partial charge in [0.15, 0.2) is 17.3 Å². The molecule has 3 aromatic rings. The van der Waals surface area contributed by atoms with E-state index in [0.717, 1.165) is 6.07 Å². The number of hydrogen-bond acceptors (Lipinski definition) is 11. The summed E-state index contributed by atoms with van der Waals surface area (Å²) >= 11 is 0. The molecule has 11 nitrogen and oxygen atoms in total. The summed E-state index contributed by atoms with van der Waals surface area (Å²) in [5.74, 6) is -1.80. The molecule has 6 N–H and O–H groups in total. The Balaban J connectivity index is 1.94. The largest absolute Gasteiger partial charge is 0.508 e. The van der Waals surface area contributed by atoms with Crippen molar-refractivity contribution in [3.63, 3.8) is 0 Å². The molecule has 0 aliphatic carbocycles. The van der Waals surface area contributed by atoms with Crippen molar-refractivity contribution < 1.29 is 49.3 Å². The van der Waals surface area contributed by atoms with Crippen LogP contribution in [0.25, 0.3) is 22.3 Å². The van der Waals surface area contributed by atoms with Crippen LogP contribution in [-0.4, -0.2) is 68.0 Å². The number of ether oxygens (including phenoxy) is 3. The van der Waals surface area contributed by atoms with E-state index in [1.807, 2.05) is 0 Å². The van der Waals surface area contributed by atoms with Crippen molar-refractivity contribution in [2.45, 2.75) is 44.6 Å². The highest BCUT2D eigenvalue weighted by atomic mass is 16.7. The number of aliphatic hydroxyl groups is 3.